The van der Waals surface area contributed by atoms with Gasteiger partial charge in [-0.25, -0.2) is 5.32 Å². The molecule has 2 saturated carbocycles. The molecule has 320 valence electrons. The van der Waals surface area contributed by atoms with Gasteiger partial charge < -0.3 is 15.1 Å². The number of quaternary nitrogens is 1. The first-order chi connectivity index (χ1) is 29.7. The Bertz CT molecular complexity index is 1940. The predicted molar refractivity (Wildman–Crippen MR) is 247 cm³/mol. The van der Waals surface area contributed by atoms with Crippen molar-refractivity contribution in [3.05, 3.63) is 81.2 Å². The third-order valence-electron chi connectivity index (χ3n) is 17.8. The molecule has 0 radical (unpaired) electrons. The van der Waals surface area contributed by atoms with Crippen LogP contribution in [0.3, 0.4) is 0 Å². The van der Waals surface area contributed by atoms with Crippen LogP contribution in [0.15, 0.2) is 81.2 Å². The molecular weight excluding hydrogens is 773 g/mol. The van der Waals surface area contributed by atoms with Gasteiger partial charge in [0.2, 0.25) is 0 Å². The Labute approximate surface area is 369 Å². The first kappa shape index (κ1) is 39.4. The summed E-state index contributed by atoms with van der Waals surface area (Å²) in [6, 6.07) is 4.22. The van der Waals surface area contributed by atoms with Gasteiger partial charge in [0.05, 0.1) is 36.2 Å². The molecule has 4 fully saturated rings. The van der Waals surface area contributed by atoms with E-state index in [-0.39, 0.29) is 24.0 Å². The van der Waals surface area contributed by atoms with Gasteiger partial charge in [0.25, 0.3) is 0 Å². The largest absolute Gasteiger partial charge is 0.363 e. The molecule has 13 unspecified atom stereocenters. The molecule has 13 atom stereocenters. The van der Waals surface area contributed by atoms with E-state index in [1.165, 1.54) is 133 Å². The van der Waals surface area contributed by atoms with Gasteiger partial charge in [-0.05, 0) is 145 Å². The molecule has 12 aliphatic rings. The zero-order chi connectivity index (χ0) is 39.7. The van der Waals surface area contributed by atoms with Crippen LogP contribution >= 0.6 is 23.5 Å². The SMILES string of the molecule is N#CC1CC(C2NC(C3CCCCC3)NC(C3=C4C(CCC3)SC3CC=CCC43)[NH2+]2)C(N2C3=C(C=CCC3)SC3CCC=CC32)=CC1N1C2=C(CCCC2)C2CCCCC21. The average molecular weight is 844 g/mol. The molecule has 4 N–H and O–H groups in total. The molecule has 60 heavy (non-hydrogen) atoms. The van der Waals surface area contributed by atoms with Crippen molar-refractivity contribution in [3.8, 4) is 6.07 Å². The maximum Gasteiger partial charge on any atom is 0.164 e. The Morgan fingerprint density at radius 2 is 1.58 bits per heavy atom. The summed E-state index contributed by atoms with van der Waals surface area (Å²) in [5, 5.41) is 25.2. The van der Waals surface area contributed by atoms with Crippen LogP contribution in [0.1, 0.15) is 148 Å². The van der Waals surface area contributed by atoms with E-state index in [0.717, 1.165) is 36.3 Å². The number of thioether (sulfide) groups is 2. The molecule has 0 aromatic carbocycles. The molecule has 0 aromatic rings. The van der Waals surface area contributed by atoms with Crippen LogP contribution in [0, 0.1) is 40.9 Å². The van der Waals surface area contributed by atoms with Crippen LogP contribution < -0.4 is 16.0 Å². The van der Waals surface area contributed by atoms with Crippen molar-refractivity contribution in [2.45, 2.75) is 200 Å². The molecule has 4 heterocycles. The number of allylic oxidation sites excluding steroid dienone is 7. The van der Waals surface area contributed by atoms with Crippen LogP contribution in [-0.2, 0) is 0 Å². The number of nitrogens with two attached hydrogens (primary N) is 1. The first-order valence-electron chi connectivity index (χ1n) is 25.3. The van der Waals surface area contributed by atoms with E-state index >= 15 is 0 Å². The van der Waals surface area contributed by atoms with Gasteiger partial charge in [-0.1, -0.05) is 68.6 Å². The minimum absolute atomic E-state index is 0.00885. The summed E-state index contributed by atoms with van der Waals surface area (Å²) >= 11 is 4.51. The van der Waals surface area contributed by atoms with Gasteiger partial charge in [-0.15, -0.1) is 23.5 Å². The van der Waals surface area contributed by atoms with Crippen LogP contribution in [0.2, 0.25) is 0 Å². The second-order valence-electron chi connectivity index (χ2n) is 21.0. The Morgan fingerprint density at radius 3 is 2.52 bits per heavy atom. The molecule has 12 rings (SSSR count). The molecule has 8 aliphatic carbocycles. The van der Waals surface area contributed by atoms with Gasteiger partial charge in [-0.2, -0.15) is 5.26 Å². The highest BCUT2D eigenvalue weighted by Crippen LogP contribution is 2.55. The van der Waals surface area contributed by atoms with Gasteiger partial charge in [0.15, 0.2) is 12.3 Å². The van der Waals surface area contributed by atoms with Crippen molar-refractivity contribution >= 4 is 23.5 Å². The zero-order valence-electron chi connectivity index (χ0n) is 36.1. The maximum atomic E-state index is 11.5. The van der Waals surface area contributed by atoms with Crippen molar-refractivity contribution in [2.24, 2.45) is 29.6 Å². The smallest absolute Gasteiger partial charge is 0.164 e. The topological polar surface area (TPSA) is 70.9 Å². The van der Waals surface area contributed by atoms with Gasteiger partial charge in [0.1, 0.15) is 0 Å². The Hall–Kier alpha value is -2.15. The van der Waals surface area contributed by atoms with E-state index in [4.69, 9.17) is 0 Å². The lowest BCUT2D eigenvalue weighted by atomic mass is 9.75. The summed E-state index contributed by atoms with van der Waals surface area (Å²) in [5.74, 6) is 2.36. The minimum Gasteiger partial charge on any atom is -0.363 e. The van der Waals surface area contributed by atoms with Gasteiger partial charge in [0, 0.05) is 55.3 Å². The summed E-state index contributed by atoms with van der Waals surface area (Å²) < 4.78 is 0. The van der Waals surface area contributed by atoms with Crippen LogP contribution in [0.25, 0.3) is 0 Å². The van der Waals surface area contributed by atoms with Crippen molar-refractivity contribution in [2.75, 3.05) is 0 Å². The van der Waals surface area contributed by atoms with Gasteiger partial charge in [-0.3, -0.25) is 5.32 Å². The van der Waals surface area contributed by atoms with E-state index in [1.807, 2.05) is 5.57 Å². The molecular formula is C52H71N6S2+. The number of hydrogen-bond donors (Lipinski definition) is 3. The summed E-state index contributed by atoms with van der Waals surface area (Å²) in [5.41, 5.74) is 10.2. The molecule has 6 nitrogen and oxygen atoms in total. The zero-order valence-corrected chi connectivity index (χ0v) is 37.8. The normalized spacial score (nSPS) is 42.9. The standard InChI is InChI=1S/C52H70N6S2/c53-31-33-29-38(52-55-50(32-15-2-1-3-16-32)54-51(56-52)37-20-14-28-48-49(37)36-19-6-11-25-45(36)59-48)44(58-41-23-9-12-26-46(41)60-47-27-13-10-24-42(47)58)30-43(33)57-39-21-7-4-17-34(39)35-18-5-8-22-40(35)57/h6,9,11,13,23,27,30,32-34,36,38-39,41,43,45-46,48,50-52,54-56H,1-5,7-8,10,12,14-22,24-26,28-29H2/p+1. The molecule has 0 aromatic heterocycles. The maximum absolute atomic E-state index is 11.5. The van der Waals surface area contributed by atoms with Crippen LogP contribution in [0.5, 0.6) is 0 Å². The summed E-state index contributed by atoms with van der Waals surface area (Å²) in [6.07, 6.45) is 48.1. The molecule has 0 spiro atoms. The number of fused-ring (bicyclic) bond motifs is 6. The Morgan fingerprint density at radius 1 is 0.717 bits per heavy atom. The average Bonchev–Trinajstić information content (AvgIpc) is 3.86. The number of hydrogen-bond acceptors (Lipinski definition) is 7. The van der Waals surface area contributed by atoms with E-state index in [9.17, 15) is 5.26 Å². The van der Waals surface area contributed by atoms with Crippen molar-refractivity contribution in [1.82, 2.24) is 20.4 Å². The monoisotopic (exact) mass is 844 g/mol. The summed E-state index contributed by atoms with van der Waals surface area (Å²) in [6.45, 7) is 0. The number of rotatable bonds is 5. The Kier molecular flexibility index (Phi) is 11.0. The van der Waals surface area contributed by atoms with Crippen molar-refractivity contribution in [1.29, 1.82) is 5.26 Å². The molecule has 4 aliphatic heterocycles. The lowest BCUT2D eigenvalue weighted by Gasteiger charge is -2.53. The van der Waals surface area contributed by atoms with Crippen LogP contribution in [-0.4, -0.2) is 62.2 Å². The molecule has 0 amide bonds. The highest BCUT2D eigenvalue weighted by atomic mass is 32.2. The second kappa shape index (κ2) is 16.8. The number of nitriles is 1. The van der Waals surface area contributed by atoms with Crippen molar-refractivity contribution in [3.63, 3.8) is 0 Å². The highest BCUT2D eigenvalue weighted by molar-refractivity contribution is 8.04. The predicted octanol–water partition coefficient (Wildman–Crippen LogP) is 10.0. The van der Waals surface area contributed by atoms with E-state index in [2.05, 4.69) is 97.9 Å². The molecule has 0 bridgehead atoms. The van der Waals surface area contributed by atoms with Crippen LogP contribution in [0.4, 0.5) is 0 Å². The summed E-state index contributed by atoms with van der Waals surface area (Å²) in [4.78, 5) is 7.41. The third kappa shape index (κ3) is 6.83. The van der Waals surface area contributed by atoms with Gasteiger partial charge >= 0.3 is 0 Å². The number of nitrogens with one attached hydrogen (secondary N) is 2. The summed E-state index contributed by atoms with van der Waals surface area (Å²) in [7, 11) is 0. The Balaban J connectivity index is 0.988. The fraction of sp³-hybridized carbons (Fsp3) is 0.712. The fourth-order valence-corrected chi connectivity index (χ4v) is 18.5. The molecule has 8 heteroatoms. The quantitative estimate of drug-likeness (QED) is 0.238. The lowest BCUT2D eigenvalue weighted by molar-refractivity contribution is -0.740. The minimum atomic E-state index is -0.00885. The third-order valence-corrected chi connectivity index (χ3v) is 21.0. The highest BCUT2D eigenvalue weighted by Gasteiger charge is 2.53. The number of nitrogens with zero attached hydrogens (tertiary/aromatic N) is 3. The van der Waals surface area contributed by atoms with Crippen molar-refractivity contribution < 1.29 is 5.32 Å². The first-order valence-corrected chi connectivity index (χ1v) is 27.1. The van der Waals surface area contributed by atoms with E-state index < -0.39 is 0 Å². The lowest BCUT2D eigenvalue weighted by Crippen LogP contribution is -3.06. The second-order valence-corrected chi connectivity index (χ2v) is 23.7. The fourth-order valence-electron chi connectivity index (χ4n) is 15.2. The van der Waals surface area contributed by atoms with E-state index in [0.29, 0.717) is 40.8 Å². The molecule has 2 saturated heterocycles. The van der Waals surface area contributed by atoms with E-state index in [1.54, 1.807) is 28.2 Å².